The van der Waals surface area contributed by atoms with Crippen LogP contribution in [0, 0.1) is 0 Å². The fraction of sp³-hybridized carbons (Fsp3) is 0.250. The number of fused-ring (bicyclic) bond motifs is 1. The maximum Gasteiger partial charge on any atom is 0.231 e. The van der Waals surface area contributed by atoms with Gasteiger partial charge in [-0.1, -0.05) is 25.1 Å². The maximum atomic E-state index is 10.2. The summed E-state index contributed by atoms with van der Waals surface area (Å²) in [5.74, 6) is 2.24. The van der Waals surface area contributed by atoms with E-state index in [9.17, 15) is 5.11 Å². The van der Waals surface area contributed by atoms with E-state index in [1.54, 1.807) is 13.2 Å². The van der Waals surface area contributed by atoms with Crippen molar-refractivity contribution in [1.82, 2.24) is 0 Å². The van der Waals surface area contributed by atoms with Crippen molar-refractivity contribution in [2.75, 3.05) is 13.9 Å². The number of phenols is 1. The molecule has 1 unspecified atom stereocenters. The Hall–Kier alpha value is -2.36. The van der Waals surface area contributed by atoms with E-state index in [0.29, 0.717) is 11.5 Å². The van der Waals surface area contributed by atoms with Gasteiger partial charge < -0.3 is 19.3 Å². The highest BCUT2D eigenvalue weighted by Gasteiger charge is 2.22. The van der Waals surface area contributed by atoms with Crippen LogP contribution in [-0.4, -0.2) is 19.0 Å². The Morgan fingerprint density at radius 3 is 2.55 bits per heavy atom. The van der Waals surface area contributed by atoms with Gasteiger partial charge in [0.1, 0.15) is 11.5 Å². The third-order valence-electron chi connectivity index (χ3n) is 3.59. The molecule has 2 aromatic rings. The van der Waals surface area contributed by atoms with E-state index >= 15 is 0 Å². The van der Waals surface area contributed by atoms with Crippen LogP contribution >= 0.6 is 0 Å². The summed E-state index contributed by atoms with van der Waals surface area (Å²) in [4.78, 5) is 0. The smallest absolute Gasteiger partial charge is 0.231 e. The van der Waals surface area contributed by atoms with Crippen LogP contribution in [0.25, 0.3) is 0 Å². The van der Waals surface area contributed by atoms with Crippen molar-refractivity contribution in [1.29, 1.82) is 0 Å². The Morgan fingerprint density at radius 2 is 1.80 bits per heavy atom. The molecule has 1 aliphatic heterocycles. The highest BCUT2D eigenvalue weighted by atomic mass is 16.7. The summed E-state index contributed by atoms with van der Waals surface area (Å²) in [6.45, 7) is 2.22. The first-order valence-corrected chi connectivity index (χ1v) is 6.46. The van der Waals surface area contributed by atoms with E-state index in [4.69, 9.17) is 14.2 Å². The first-order valence-electron chi connectivity index (χ1n) is 6.46. The lowest BCUT2D eigenvalue weighted by Gasteiger charge is -2.17. The predicted octanol–water partition coefficient (Wildman–Crippen LogP) is 3.28. The molecule has 0 bridgehead atoms. The number of ether oxygens (including phenoxy) is 3. The molecule has 1 aliphatic rings. The number of rotatable bonds is 3. The number of phenolic OH excluding ortho intramolecular Hbond substituents is 1. The summed E-state index contributed by atoms with van der Waals surface area (Å²) in [6, 6.07) is 11.2. The molecule has 1 N–H and O–H groups in total. The fourth-order valence-electron chi connectivity index (χ4n) is 2.49. The zero-order valence-corrected chi connectivity index (χ0v) is 11.4. The topological polar surface area (TPSA) is 47.9 Å². The van der Waals surface area contributed by atoms with Crippen LogP contribution in [0.5, 0.6) is 23.0 Å². The Morgan fingerprint density at radius 1 is 1.10 bits per heavy atom. The molecular weight excluding hydrogens is 256 g/mol. The summed E-state index contributed by atoms with van der Waals surface area (Å²) in [6.07, 6.45) is 0. The highest BCUT2D eigenvalue weighted by molar-refractivity contribution is 5.55. The molecule has 0 saturated carbocycles. The molecule has 0 aliphatic carbocycles. The Bertz CT molecular complexity index is 636. The lowest BCUT2D eigenvalue weighted by molar-refractivity contribution is 0.174. The molecule has 1 atom stereocenters. The van der Waals surface area contributed by atoms with Gasteiger partial charge in [-0.3, -0.25) is 0 Å². The zero-order chi connectivity index (χ0) is 14.1. The van der Waals surface area contributed by atoms with Crippen molar-refractivity contribution in [3.8, 4) is 23.0 Å². The van der Waals surface area contributed by atoms with Gasteiger partial charge in [0.15, 0.2) is 11.5 Å². The molecule has 0 fully saturated rings. The van der Waals surface area contributed by atoms with Gasteiger partial charge in [0.05, 0.1) is 7.11 Å². The van der Waals surface area contributed by atoms with Crippen molar-refractivity contribution < 1.29 is 19.3 Å². The minimum atomic E-state index is -0.0133. The predicted molar refractivity (Wildman–Crippen MR) is 74.7 cm³/mol. The molecular formula is C16H16O4. The quantitative estimate of drug-likeness (QED) is 0.931. The number of methoxy groups -OCH3 is 1. The molecule has 3 rings (SSSR count). The fourth-order valence-corrected chi connectivity index (χ4v) is 2.49. The van der Waals surface area contributed by atoms with Crippen molar-refractivity contribution in [2.24, 2.45) is 0 Å². The molecule has 104 valence electrons. The Labute approximate surface area is 117 Å². The van der Waals surface area contributed by atoms with Crippen LogP contribution in [0.2, 0.25) is 0 Å². The van der Waals surface area contributed by atoms with Gasteiger partial charge in [-0.15, -0.1) is 0 Å². The van der Waals surface area contributed by atoms with Crippen LogP contribution < -0.4 is 14.2 Å². The van der Waals surface area contributed by atoms with Crippen LogP contribution in [-0.2, 0) is 0 Å². The summed E-state index contributed by atoms with van der Waals surface area (Å²) in [7, 11) is 1.64. The van der Waals surface area contributed by atoms with Crippen LogP contribution in [0.15, 0.2) is 36.4 Å². The molecule has 1 heterocycles. The first-order chi connectivity index (χ1) is 9.70. The van der Waals surface area contributed by atoms with Crippen molar-refractivity contribution in [2.45, 2.75) is 12.8 Å². The van der Waals surface area contributed by atoms with E-state index in [1.165, 1.54) is 0 Å². The Balaban J connectivity index is 2.04. The molecule has 0 saturated heterocycles. The third kappa shape index (κ3) is 2.03. The second-order valence-corrected chi connectivity index (χ2v) is 4.73. The van der Waals surface area contributed by atoms with Gasteiger partial charge in [0.25, 0.3) is 0 Å². The normalized spacial score (nSPS) is 14.1. The van der Waals surface area contributed by atoms with Gasteiger partial charge >= 0.3 is 0 Å². The first kappa shape index (κ1) is 12.7. The van der Waals surface area contributed by atoms with Gasteiger partial charge in [-0.2, -0.15) is 0 Å². The average Bonchev–Trinajstić information content (AvgIpc) is 2.92. The van der Waals surface area contributed by atoms with Crippen molar-refractivity contribution in [3.05, 3.63) is 47.5 Å². The average molecular weight is 272 g/mol. The van der Waals surface area contributed by atoms with E-state index in [2.05, 4.69) is 0 Å². The minimum Gasteiger partial charge on any atom is -0.508 e. The molecule has 0 spiro atoms. The highest BCUT2D eigenvalue weighted by Crippen LogP contribution is 2.43. The molecule has 4 nitrogen and oxygen atoms in total. The lowest BCUT2D eigenvalue weighted by atomic mass is 9.91. The minimum absolute atomic E-state index is 0.0133. The van der Waals surface area contributed by atoms with E-state index in [1.807, 2.05) is 37.3 Å². The van der Waals surface area contributed by atoms with Gasteiger partial charge in [-0.05, 0) is 12.1 Å². The third-order valence-corrected chi connectivity index (χ3v) is 3.59. The number of benzene rings is 2. The summed E-state index contributed by atoms with van der Waals surface area (Å²) >= 11 is 0. The molecule has 0 amide bonds. The number of hydrogen-bond acceptors (Lipinski definition) is 4. The largest absolute Gasteiger partial charge is 0.508 e. The Kier molecular flexibility index (Phi) is 3.14. The SMILES string of the molecule is COc1ccccc1C(C)c1cc2c(cc1O)OCO2. The number of hydrogen-bond donors (Lipinski definition) is 1. The summed E-state index contributed by atoms with van der Waals surface area (Å²) < 4.78 is 16.0. The van der Waals surface area contributed by atoms with Crippen LogP contribution in [0.1, 0.15) is 24.0 Å². The molecule has 4 heteroatoms. The molecule has 0 aromatic heterocycles. The van der Waals surface area contributed by atoms with Gasteiger partial charge in [-0.25, -0.2) is 0 Å². The second kappa shape index (κ2) is 4.96. The van der Waals surface area contributed by atoms with Gasteiger partial charge in [0, 0.05) is 23.1 Å². The summed E-state index contributed by atoms with van der Waals surface area (Å²) in [5, 5.41) is 10.2. The lowest BCUT2D eigenvalue weighted by Crippen LogP contribution is -2.00. The monoisotopic (exact) mass is 272 g/mol. The van der Waals surface area contributed by atoms with Crippen LogP contribution in [0.4, 0.5) is 0 Å². The second-order valence-electron chi connectivity index (χ2n) is 4.73. The van der Waals surface area contributed by atoms with E-state index < -0.39 is 0 Å². The van der Waals surface area contributed by atoms with Crippen LogP contribution in [0.3, 0.4) is 0 Å². The van der Waals surface area contributed by atoms with E-state index in [0.717, 1.165) is 16.9 Å². The molecule has 0 radical (unpaired) electrons. The number of aromatic hydroxyl groups is 1. The summed E-state index contributed by atoms with van der Waals surface area (Å²) in [5.41, 5.74) is 1.81. The van der Waals surface area contributed by atoms with Crippen molar-refractivity contribution >= 4 is 0 Å². The molecule has 2 aromatic carbocycles. The maximum absolute atomic E-state index is 10.2. The van der Waals surface area contributed by atoms with E-state index in [-0.39, 0.29) is 18.5 Å². The standard InChI is InChI=1S/C16H16O4/c1-10(11-5-3-4-6-14(11)18-2)12-7-15-16(8-13(12)17)20-9-19-15/h3-8,10,17H,9H2,1-2H3. The zero-order valence-electron chi connectivity index (χ0n) is 11.4. The van der Waals surface area contributed by atoms with Crippen molar-refractivity contribution in [3.63, 3.8) is 0 Å². The molecule has 20 heavy (non-hydrogen) atoms. The van der Waals surface area contributed by atoms with Gasteiger partial charge in [0.2, 0.25) is 6.79 Å². The number of para-hydroxylation sites is 1.